The summed E-state index contributed by atoms with van der Waals surface area (Å²) in [6.07, 6.45) is 7.85. The molecule has 0 N–H and O–H groups in total. The molecule has 0 amide bonds. The number of halogens is 1. The summed E-state index contributed by atoms with van der Waals surface area (Å²) in [6.45, 7) is 11.3. The zero-order chi connectivity index (χ0) is 23.5. The minimum Gasteiger partial charge on any atom is -0.473 e. The Morgan fingerprint density at radius 2 is 1.94 bits per heavy atom. The third-order valence-corrected chi connectivity index (χ3v) is 6.44. The number of hydrogen-bond donors (Lipinski definition) is 0. The second-order valence-electron chi connectivity index (χ2n) is 8.96. The molecule has 0 aliphatic heterocycles. The number of hydrogen-bond acceptors (Lipinski definition) is 3. The van der Waals surface area contributed by atoms with Crippen LogP contribution in [0.5, 0.6) is 5.88 Å². The Bertz CT molecular complexity index is 931. The molecule has 0 aliphatic rings. The van der Waals surface area contributed by atoms with E-state index in [0.717, 1.165) is 31.4 Å². The Kier molecular flexibility index (Phi) is 10.4. The number of pyridine rings is 1. The van der Waals surface area contributed by atoms with Crippen LogP contribution in [-0.2, 0) is 6.61 Å². The van der Waals surface area contributed by atoms with Gasteiger partial charge in [-0.3, -0.25) is 0 Å². The van der Waals surface area contributed by atoms with Gasteiger partial charge in [-0.1, -0.05) is 51.0 Å². The van der Waals surface area contributed by atoms with Gasteiger partial charge in [0, 0.05) is 23.2 Å². The molecule has 0 bridgehead atoms. The fourth-order valence-corrected chi connectivity index (χ4v) is 3.99. The minimum absolute atomic E-state index is 0.0886. The standard InChI is InChI=1S/C28H37FN2O/c1-6-9-24(14-12-21(4)22(5)16-20(3)7-2)27-10-8-11-28(31-27)32-19-25-15-13-23(18-30)17-26(25)29/h7-8,10-11,13,15,17,21-22,24H,6,9,12,14,16,19H2,1-5H3/b20-7+. The van der Waals surface area contributed by atoms with Crippen LogP contribution in [0.2, 0.25) is 0 Å². The van der Waals surface area contributed by atoms with Crippen LogP contribution in [0.15, 0.2) is 48.0 Å². The summed E-state index contributed by atoms with van der Waals surface area (Å²) in [7, 11) is 0. The molecule has 0 fully saturated rings. The van der Waals surface area contributed by atoms with Crippen molar-refractivity contribution < 1.29 is 9.13 Å². The molecule has 2 rings (SSSR count). The summed E-state index contributed by atoms with van der Waals surface area (Å²) >= 11 is 0. The summed E-state index contributed by atoms with van der Waals surface area (Å²) < 4.78 is 19.9. The zero-order valence-corrected chi connectivity index (χ0v) is 20.2. The number of allylic oxidation sites excluding steroid dienone is 2. The first-order chi connectivity index (χ1) is 15.4. The van der Waals surface area contributed by atoms with Crippen LogP contribution >= 0.6 is 0 Å². The fourth-order valence-electron chi connectivity index (χ4n) is 3.99. The van der Waals surface area contributed by atoms with Gasteiger partial charge >= 0.3 is 0 Å². The van der Waals surface area contributed by atoms with Gasteiger partial charge in [-0.05, 0) is 69.6 Å². The van der Waals surface area contributed by atoms with Gasteiger partial charge in [0.1, 0.15) is 12.4 Å². The smallest absolute Gasteiger partial charge is 0.213 e. The van der Waals surface area contributed by atoms with E-state index in [0.29, 0.717) is 34.8 Å². The molecular weight excluding hydrogens is 399 g/mol. The summed E-state index contributed by atoms with van der Waals surface area (Å²) in [5.74, 6) is 1.80. The first kappa shape index (κ1) is 25.6. The van der Waals surface area contributed by atoms with Crippen LogP contribution in [0.25, 0.3) is 0 Å². The highest BCUT2D eigenvalue weighted by atomic mass is 19.1. The lowest BCUT2D eigenvalue weighted by atomic mass is 9.83. The van der Waals surface area contributed by atoms with Crippen LogP contribution in [0.3, 0.4) is 0 Å². The predicted octanol–water partition coefficient (Wildman–Crippen LogP) is 7.96. The monoisotopic (exact) mass is 436 g/mol. The summed E-state index contributed by atoms with van der Waals surface area (Å²) in [6, 6.07) is 12.2. The molecule has 2 aromatic rings. The number of ether oxygens (including phenoxy) is 1. The minimum atomic E-state index is -0.430. The molecule has 0 radical (unpaired) electrons. The normalized spacial score (nSPS) is 14.5. The third kappa shape index (κ3) is 7.79. The van der Waals surface area contributed by atoms with E-state index >= 15 is 0 Å². The van der Waals surface area contributed by atoms with Crippen molar-refractivity contribution in [3.63, 3.8) is 0 Å². The van der Waals surface area contributed by atoms with Crippen molar-refractivity contribution in [2.75, 3.05) is 0 Å². The summed E-state index contributed by atoms with van der Waals surface area (Å²) in [4.78, 5) is 4.75. The topological polar surface area (TPSA) is 45.9 Å². The summed E-state index contributed by atoms with van der Waals surface area (Å²) in [5, 5.41) is 8.88. The van der Waals surface area contributed by atoms with Crippen LogP contribution in [0, 0.1) is 29.0 Å². The second-order valence-corrected chi connectivity index (χ2v) is 8.96. The highest BCUT2D eigenvalue weighted by Gasteiger charge is 2.18. The average molecular weight is 437 g/mol. The Balaban J connectivity index is 2.02. The van der Waals surface area contributed by atoms with Gasteiger partial charge in [-0.15, -0.1) is 0 Å². The van der Waals surface area contributed by atoms with Gasteiger partial charge in [0.2, 0.25) is 5.88 Å². The van der Waals surface area contributed by atoms with Crippen LogP contribution in [0.1, 0.15) is 89.5 Å². The van der Waals surface area contributed by atoms with Crippen LogP contribution in [-0.4, -0.2) is 4.98 Å². The van der Waals surface area contributed by atoms with Crippen molar-refractivity contribution in [3.8, 4) is 11.9 Å². The molecule has 4 heteroatoms. The van der Waals surface area contributed by atoms with E-state index in [4.69, 9.17) is 15.0 Å². The van der Waals surface area contributed by atoms with Gasteiger partial charge in [0.25, 0.3) is 0 Å². The Labute approximate surface area is 193 Å². The van der Waals surface area contributed by atoms with Crippen molar-refractivity contribution in [1.29, 1.82) is 5.26 Å². The van der Waals surface area contributed by atoms with Crippen molar-refractivity contribution in [3.05, 3.63) is 70.7 Å². The van der Waals surface area contributed by atoms with E-state index in [9.17, 15) is 4.39 Å². The molecule has 1 heterocycles. The van der Waals surface area contributed by atoms with Gasteiger partial charge in [0.05, 0.1) is 11.6 Å². The maximum atomic E-state index is 14.1. The van der Waals surface area contributed by atoms with E-state index in [1.165, 1.54) is 18.1 Å². The number of rotatable bonds is 12. The average Bonchev–Trinajstić information content (AvgIpc) is 2.80. The number of nitrogens with zero attached hydrogens (tertiary/aromatic N) is 2. The molecule has 0 saturated carbocycles. The Morgan fingerprint density at radius 3 is 2.59 bits per heavy atom. The highest BCUT2D eigenvalue weighted by molar-refractivity contribution is 5.32. The third-order valence-electron chi connectivity index (χ3n) is 6.44. The fraction of sp³-hybridized carbons (Fsp3) is 0.500. The molecule has 172 valence electrons. The van der Waals surface area contributed by atoms with Crippen molar-refractivity contribution in [2.45, 2.75) is 79.2 Å². The van der Waals surface area contributed by atoms with E-state index in [-0.39, 0.29) is 6.61 Å². The Hall–Kier alpha value is -2.67. The highest BCUT2D eigenvalue weighted by Crippen LogP contribution is 2.31. The summed E-state index contributed by atoms with van der Waals surface area (Å²) in [5.41, 5.74) is 3.23. The van der Waals surface area contributed by atoms with Gasteiger partial charge < -0.3 is 4.74 Å². The van der Waals surface area contributed by atoms with Gasteiger partial charge in [-0.25, -0.2) is 9.37 Å². The molecule has 32 heavy (non-hydrogen) atoms. The maximum absolute atomic E-state index is 14.1. The first-order valence-corrected chi connectivity index (χ1v) is 11.8. The number of nitriles is 1. The lowest BCUT2D eigenvalue weighted by Gasteiger charge is -2.23. The molecule has 0 spiro atoms. The largest absolute Gasteiger partial charge is 0.473 e. The first-order valence-electron chi connectivity index (χ1n) is 11.8. The SMILES string of the molecule is C/C=C(\C)CC(C)C(C)CCC(CCC)c1cccc(OCc2ccc(C#N)cc2F)n1. The maximum Gasteiger partial charge on any atom is 0.213 e. The molecule has 0 aliphatic carbocycles. The van der Waals surface area contributed by atoms with Gasteiger partial charge in [0.15, 0.2) is 0 Å². The van der Waals surface area contributed by atoms with Crippen LogP contribution < -0.4 is 4.74 Å². The molecule has 1 aromatic carbocycles. The number of benzene rings is 1. The number of aromatic nitrogens is 1. The lowest BCUT2D eigenvalue weighted by Crippen LogP contribution is -2.11. The Morgan fingerprint density at radius 1 is 1.16 bits per heavy atom. The van der Waals surface area contributed by atoms with E-state index < -0.39 is 5.82 Å². The van der Waals surface area contributed by atoms with Crippen molar-refractivity contribution >= 4 is 0 Å². The molecule has 3 unspecified atom stereocenters. The van der Waals surface area contributed by atoms with Gasteiger partial charge in [-0.2, -0.15) is 5.26 Å². The molecule has 0 saturated heterocycles. The van der Waals surface area contributed by atoms with Crippen molar-refractivity contribution in [1.82, 2.24) is 4.98 Å². The van der Waals surface area contributed by atoms with E-state index in [1.54, 1.807) is 12.1 Å². The zero-order valence-electron chi connectivity index (χ0n) is 20.2. The molecule has 3 nitrogen and oxygen atoms in total. The molecular formula is C28H37FN2O. The quantitative estimate of drug-likeness (QED) is 0.317. The lowest BCUT2D eigenvalue weighted by molar-refractivity contribution is 0.285. The molecule has 1 aromatic heterocycles. The van der Waals surface area contributed by atoms with Crippen molar-refractivity contribution in [2.24, 2.45) is 11.8 Å². The molecule has 3 atom stereocenters. The predicted molar refractivity (Wildman–Crippen MR) is 129 cm³/mol. The second kappa shape index (κ2) is 13.0. The van der Waals surface area contributed by atoms with Crippen LogP contribution in [0.4, 0.5) is 4.39 Å². The van der Waals surface area contributed by atoms with E-state index in [2.05, 4.69) is 46.8 Å². The van der Waals surface area contributed by atoms with E-state index in [1.807, 2.05) is 18.2 Å².